The predicted octanol–water partition coefficient (Wildman–Crippen LogP) is 0.860. The summed E-state index contributed by atoms with van der Waals surface area (Å²) in [6.45, 7) is 0.825. The molecule has 1 aromatic carbocycles. The highest BCUT2D eigenvalue weighted by molar-refractivity contribution is 14.0. The smallest absolute Gasteiger partial charge is 0.238 e. The van der Waals surface area contributed by atoms with Crippen LogP contribution in [0.25, 0.3) is 5.65 Å². The number of guanidine groups is 1. The monoisotopic (exact) mass is 501 g/mol. The van der Waals surface area contributed by atoms with Crippen LogP contribution in [0.5, 0.6) is 0 Å². The Labute approximate surface area is 174 Å². The number of aromatic nitrogens is 3. The van der Waals surface area contributed by atoms with Crippen LogP contribution in [-0.4, -0.2) is 36.0 Å². The molecule has 144 valence electrons. The number of aliphatic imine (C=N–C) groups is 1. The standard InChI is InChI=1S/C16H19N7O2S.HI/c1-18-16(19-10-12-5-4-6-13(9-12)26(17,24)25)20-11-15-22-21-14-7-2-3-8-23(14)15;/h2-9H,10-11H2,1H3,(H2,17,24,25)(H2,18,19,20);1H. The summed E-state index contributed by atoms with van der Waals surface area (Å²) in [4.78, 5) is 4.23. The van der Waals surface area contributed by atoms with Gasteiger partial charge in [-0.05, 0) is 29.8 Å². The van der Waals surface area contributed by atoms with Crippen molar-refractivity contribution in [3.05, 3.63) is 60.0 Å². The van der Waals surface area contributed by atoms with E-state index in [0.717, 1.165) is 17.0 Å². The molecule has 0 fully saturated rings. The molecule has 0 aliphatic rings. The Hall–Kier alpha value is -2.25. The number of hydrogen-bond donors (Lipinski definition) is 3. The average Bonchev–Trinajstić information content (AvgIpc) is 3.05. The first kappa shape index (κ1) is 21.1. The Morgan fingerprint density at radius 1 is 1.15 bits per heavy atom. The summed E-state index contributed by atoms with van der Waals surface area (Å²) in [7, 11) is -2.07. The van der Waals surface area contributed by atoms with Crippen LogP contribution in [0, 0.1) is 0 Å². The Morgan fingerprint density at radius 2 is 1.93 bits per heavy atom. The predicted molar refractivity (Wildman–Crippen MR) is 113 cm³/mol. The second-order valence-electron chi connectivity index (χ2n) is 5.52. The maximum Gasteiger partial charge on any atom is 0.238 e. The van der Waals surface area contributed by atoms with Crippen LogP contribution >= 0.6 is 24.0 Å². The lowest BCUT2D eigenvalue weighted by Gasteiger charge is -2.11. The van der Waals surface area contributed by atoms with Gasteiger partial charge in [-0.2, -0.15) is 0 Å². The highest BCUT2D eigenvalue weighted by Crippen LogP contribution is 2.09. The maximum absolute atomic E-state index is 11.4. The first-order valence-electron chi connectivity index (χ1n) is 7.82. The fraction of sp³-hybridized carbons (Fsp3) is 0.188. The summed E-state index contributed by atoms with van der Waals surface area (Å²) in [5.74, 6) is 1.30. The zero-order valence-corrected chi connectivity index (χ0v) is 17.7. The molecule has 0 saturated carbocycles. The quantitative estimate of drug-likeness (QED) is 0.271. The first-order valence-corrected chi connectivity index (χ1v) is 9.37. The highest BCUT2D eigenvalue weighted by atomic mass is 127. The van der Waals surface area contributed by atoms with E-state index in [-0.39, 0.29) is 28.9 Å². The number of benzene rings is 1. The van der Waals surface area contributed by atoms with Crippen LogP contribution in [0.2, 0.25) is 0 Å². The van der Waals surface area contributed by atoms with Gasteiger partial charge in [-0.15, -0.1) is 34.2 Å². The van der Waals surface area contributed by atoms with Gasteiger partial charge in [0.15, 0.2) is 17.4 Å². The molecule has 0 radical (unpaired) electrons. The molecule has 0 aliphatic heterocycles. The zero-order chi connectivity index (χ0) is 18.6. The van der Waals surface area contributed by atoms with E-state index in [1.165, 1.54) is 12.1 Å². The van der Waals surface area contributed by atoms with E-state index < -0.39 is 10.0 Å². The average molecular weight is 501 g/mol. The summed E-state index contributed by atoms with van der Waals surface area (Å²) >= 11 is 0. The van der Waals surface area contributed by atoms with E-state index in [1.54, 1.807) is 19.2 Å². The van der Waals surface area contributed by atoms with E-state index in [0.29, 0.717) is 19.0 Å². The summed E-state index contributed by atoms with van der Waals surface area (Å²) in [6.07, 6.45) is 1.89. The number of hydrogen-bond acceptors (Lipinski definition) is 5. The molecule has 0 spiro atoms. The van der Waals surface area contributed by atoms with Gasteiger partial charge in [0.05, 0.1) is 11.4 Å². The van der Waals surface area contributed by atoms with Crippen LogP contribution in [0.4, 0.5) is 0 Å². The molecule has 3 aromatic rings. The summed E-state index contributed by atoms with van der Waals surface area (Å²) < 4.78 is 24.7. The number of sulfonamides is 1. The Bertz CT molecular complexity index is 1050. The zero-order valence-electron chi connectivity index (χ0n) is 14.5. The number of pyridine rings is 1. The molecule has 0 amide bonds. The molecule has 2 heterocycles. The van der Waals surface area contributed by atoms with E-state index in [9.17, 15) is 8.42 Å². The fourth-order valence-corrected chi connectivity index (χ4v) is 3.00. The van der Waals surface area contributed by atoms with Crippen molar-refractivity contribution in [2.75, 3.05) is 7.05 Å². The minimum Gasteiger partial charge on any atom is -0.352 e. The molecule has 11 heteroatoms. The third-order valence-corrected chi connectivity index (χ3v) is 4.62. The third-order valence-electron chi connectivity index (χ3n) is 3.71. The van der Waals surface area contributed by atoms with E-state index in [4.69, 9.17) is 5.14 Å². The van der Waals surface area contributed by atoms with Crippen molar-refractivity contribution in [1.82, 2.24) is 25.2 Å². The lowest BCUT2D eigenvalue weighted by Crippen LogP contribution is -2.36. The number of nitrogens with one attached hydrogen (secondary N) is 2. The SMILES string of the molecule is CN=C(NCc1cccc(S(N)(=O)=O)c1)NCc1nnc2ccccn12.I. The fourth-order valence-electron chi connectivity index (χ4n) is 2.41. The lowest BCUT2D eigenvalue weighted by atomic mass is 10.2. The molecule has 0 unspecified atom stereocenters. The van der Waals surface area contributed by atoms with Crippen LogP contribution in [0.15, 0.2) is 58.5 Å². The number of fused-ring (bicyclic) bond motifs is 1. The molecule has 0 bridgehead atoms. The van der Waals surface area contributed by atoms with Crippen molar-refractivity contribution in [2.24, 2.45) is 10.1 Å². The van der Waals surface area contributed by atoms with E-state index >= 15 is 0 Å². The van der Waals surface area contributed by atoms with Crippen molar-refractivity contribution in [2.45, 2.75) is 18.0 Å². The number of primary sulfonamides is 1. The van der Waals surface area contributed by atoms with Gasteiger partial charge in [-0.25, -0.2) is 13.6 Å². The van der Waals surface area contributed by atoms with Gasteiger partial charge in [-0.3, -0.25) is 9.39 Å². The van der Waals surface area contributed by atoms with Gasteiger partial charge in [-0.1, -0.05) is 18.2 Å². The minimum atomic E-state index is -3.72. The Balaban J connectivity index is 0.00000261. The number of nitrogens with zero attached hydrogens (tertiary/aromatic N) is 4. The van der Waals surface area contributed by atoms with Gasteiger partial charge in [0.25, 0.3) is 0 Å². The van der Waals surface area contributed by atoms with Crippen molar-refractivity contribution >= 4 is 45.6 Å². The summed E-state index contributed by atoms with van der Waals surface area (Å²) in [5, 5.41) is 19.7. The van der Waals surface area contributed by atoms with E-state index in [1.807, 2.05) is 28.8 Å². The van der Waals surface area contributed by atoms with Crippen molar-refractivity contribution in [3.63, 3.8) is 0 Å². The van der Waals surface area contributed by atoms with Gasteiger partial charge in [0, 0.05) is 19.8 Å². The topological polar surface area (TPSA) is 127 Å². The lowest BCUT2D eigenvalue weighted by molar-refractivity contribution is 0.597. The normalized spacial score (nSPS) is 11.9. The van der Waals surface area contributed by atoms with E-state index in [2.05, 4.69) is 25.8 Å². The molecular formula is C16H20IN7O2S. The van der Waals surface area contributed by atoms with Gasteiger partial charge in [0.2, 0.25) is 10.0 Å². The van der Waals surface area contributed by atoms with Gasteiger partial charge < -0.3 is 10.6 Å². The minimum absolute atomic E-state index is 0. The Morgan fingerprint density at radius 3 is 2.67 bits per heavy atom. The molecule has 27 heavy (non-hydrogen) atoms. The van der Waals surface area contributed by atoms with Crippen LogP contribution in [0.1, 0.15) is 11.4 Å². The van der Waals surface area contributed by atoms with Crippen molar-refractivity contribution in [1.29, 1.82) is 0 Å². The van der Waals surface area contributed by atoms with Crippen molar-refractivity contribution in [3.8, 4) is 0 Å². The molecule has 0 aliphatic carbocycles. The first-order chi connectivity index (χ1) is 12.5. The second-order valence-corrected chi connectivity index (χ2v) is 7.08. The third kappa shape index (κ3) is 5.37. The molecule has 3 rings (SSSR count). The largest absolute Gasteiger partial charge is 0.352 e. The van der Waals surface area contributed by atoms with Gasteiger partial charge in [0.1, 0.15) is 0 Å². The number of halogens is 1. The molecular weight excluding hydrogens is 481 g/mol. The second kappa shape index (κ2) is 9.10. The molecule has 2 aromatic heterocycles. The maximum atomic E-state index is 11.4. The molecule has 9 nitrogen and oxygen atoms in total. The van der Waals surface area contributed by atoms with Crippen LogP contribution in [0.3, 0.4) is 0 Å². The number of nitrogens with two attached hydrogens (primary N) is 1. The Kier molecular flexibility index (Phi) is 7.10. The molecule has 0 saturated heterocycles. The highest BCUT2D eigenvalue weighted by Gasteiger charge is 2.09. The molecule has 4 N–H and O–H groups in total. The molecule has 0 atom stereocenters. The summed E-state index contributed by atoms with van der Waals surface area (Å²) in [5.41, 5.74) is 1.54. The van der Waals surface area contributed by atoms with Crippen molar-refractivity contribution < 1.29 is 8.42 Å². The van der Waals surface area contributed by atoms with Crippen LogP contribution in [-0.2, 0) is 23.1 Å². The van der Waals surface area contributed by atoms with Crippen LogP contribution < -0.4 is 15.8 Å². The summed E-state index contributed by atoms with van der Waals surface area (Å²) in [6, 6.07) is 12.1. The number of rotatable bonds is 5. The van der Waals surface area contributed by atoms with Gasteiger partial charge >= 0.3 is 0 Å².